The van der Waals surface area contributed by atoms with Gasteiger partial charge in [-0.25, -0.2) is 0 Å². The van der Waals surface area contributed by atoms with Crippen LogP contribution >= 0.6 is 23.2 Å². The van der Waals surface area contributed by atoms with E-state index in [1.165, 1.54) is 0 Å². The lowest BCUT2D eigenvalue weighted by Crippen LogP contribution is -2.37. The van der Waals surface area contributed by atoms with Gasteiger partial charge >= 0.3 is 0 Å². The molecule has 0 unspecified atom stereocenters. The van der Waals surface area contributed by atoms with E-state index in [-0.39, 0.29) is 5.91 Å². The number of carbonyl (C=O) groups excluding carboxylic acids is 1. The number of amides is 1. The molecule has 0 aliphatic rings. The molecule has 1 atom stereocenters. The van der Waals surface area contributed by atoms with Crippen LogP contribution in [0.1, 0.15) is 27.2 Å². The highest BCUT2D eigenvalue weighted by Gasteiger charge is 2.15. The molecule has 0 saturated heterocycles. The summed E-state index contributed by atoms with van der Waals surface area (Å²) >= 11 is 11.8. The van der Waals surface area contributed by atoms with Gasteiger partial charge < -0.3 is 10.1 Å². The van der Waals surface area contributed by atoms with E-state index < -0.39 is 6.10 Å². The van der Waals surface area contributed by atoms with Crippen LogP contribution in [0.3, 0.4) is 0 Å². The van der Waals surface area contributed by atoms with Gasteiger partial charge in [0.25, 0.3) is 5.91 Å². The zero-order valence-corrected chi connectivity index (χ0v) is 12.9. The topological polar surface area (TPSA) is 38.3 Å². The third kappa shape index (κ3) is 5.70. The van der Waals surface area contributed by atoms with Crippen LogP contribution in [0.2, 0.25) is 10.0 Å². The summed E-state index contributed by atoms with van der Waals surface area (Å²) in [6, 6.07) is 4.91. The van der Waals surface area contributed by atoms with Crippen molar-refractivity contribution < 1.29 is 9.53 Å². The first-order valence-electron chi connectivity index (χ1n) is 6.29. The van der Waals surface area contributed by atoms with Crippen molar-refractivity contribution in [2.45, 2.75) is 33.3 Å². The van der Waals surface area contributed by atoms with Crippen LogP contribution in [0, 0.1) is 5.92 Å². The lowest BCUT2D eigenvalue weighted by Gasteiger charge is -2.16. The van der Waals surface area contributed by atoms with Gasteiger partial charge in [0.15, 0.2) is 6.10 Å². The molecule has 0 saturated carbocycles. The van der Waals surface area contributed by atoms with Gasteiger partial charge in [-0.2, -0.15) is 0 Å². The summed E-state index contributed by atoms with van der Waals surface area (Å²) in [5.74, 6) is 0.867. The Bertz CT molecular complexity index is 435. The van der Waals surface area contributed by atoms with Gasteiger partial charge in [0.05, 0.1) is 5.02 Å². The van der Waals surface area contributed by atoms with E-state index in [1.807, 2.05) is 0 Å². The third-order valence-electron chi connectivity index (χ3n) is 2.59. The van der Waals surface area contributed by atoms with Crippen LogP contribution in [-0.2, 0) is 4.79 Å². The van der Waals surface area contributed by atoms with Crippen molar-refractivity contribution in [3.05, 3.63) is 28.2 Å². The maximum Gasteiger partial charge on any atom is 0.260 e. The molecular weight excluding hydrogens is 285 g/mol. The molecule has 1 aromatic rings. The Labute approximate surface area is 124 Å². The van der Waals surface area contributed by atoms with Gasteiger partial charge in [0.2, 0.25) is 0 Å². The number of nitrogens with one attached hydrogen (secondary N) is 1. The molecule has 5 heteroatoms. The van der Waals surface area contributed by atoms with E-state index >= 15 is 0 Å². The summed E-state index contributed by atoms with van der Waals surface area (Å²) in [7, 11) is 0. The standard InChI is InChI=1S/C14H19Cl2NO2/c1-9(2)6-7-17-14(18)10(3)19-13-5-4-11(15)8-12(13)16/h4-5,8-10H,6-7H2,1-3H3,(H,17,18)/t10-/m0/s1. The molecule has 0 spiro atoms. The van der Waals surface area contributed by atoms with Crippen LogP contribution in [0.15, 0.2) is 18.2 Å². The highest BCUT2D eigenvalue weighted by molar-refractivity contribution is 6.35. The van der Waals surface area contributed by atoms with E-state index in [4.69, 9.17) is 27.9 Å². The number of hydrogen-bond acceptors (Lipinski definition) is 2. The minimum Gasteiger partial charge on any atom is -0.479 e. The Kier molecular flexibility index (Phi) is 6.46. The molecule has 0 fully saturated rings. The molecule has 0 heterocycles. The van der Waals surface area contributed by atoms with Gasteiger partial charge in [0.1, 0.15) is 5.75 Å². The number of hydrogen-bond donors (Lipinski definition) is 1. The maximum atomic E-state index is 11.8. The average molecular weight is 304 g/mol. The van der Waals surface area contributed by atoms with Crippen LogP contribution in [0.25, 0.3) is 0 Å². The molecule has 0 aliphatic heterocycles. The maximum absolute atomic E-state index is 11.8. The Morgan fingerprint density at radius 3 is 2.58 bits per heavy atom. The second-order valence-corrected chi connectivity index (χ2v) is 5.65. The summed E-state index contributed by atoms with van der Waals surface area (Å²) in [6.45, 7) is 6.56. The fraction of sp³-hybridized carbons (Fsp3) is 0.500. The monoisotopic (exact) mass is 303 g/mol. The predicted octanol–water partition coefficient (Wildman–Crippen LogP) is 3.92. The quantitative estimate of drug-likeness (QED) is 0.865. The van der Waals surface area contributed by atoms with Crippen molar-refractivity contribution in [2.75, 3.05) is 6.54 Å². The van der Waals surface area contributed by atoms with Crippen molar-refractivity contribution in [1.29, 1.82) is 0 Å². The normalized spacial score (nSPS) is 12.3. The van der Waals surface area contributed by atoms with Crippen LogP contribution in [-0.4, -0.2) is 18.6 Å². The fourth-order valence-electron chi connectivity index (χ4n) is 1.44. The predicted molar refractivity (Wildman–Crippen MR) is 79.0 cm³/mol. The Morgan fingerprint density at radius 2 is 2.00 bits per heavy atom. The first kappa shape index (κ1) is 16.1. The minimum atomic E-state index is -0.592. The molecule has 0 radical (unpaired) electrons. The van der Waals surface area contributed by atoms with Crippen LogP contribution < -0.4 is 10.1 Å². The summed E-state index contributed by atoms with van der Waals surface area (Å²) in [5.41, 5.74) is 0. The Hall–Kier alpha value is -0.930. The zero-order valence-electron chi connectivity index (χ0n) is 11.4. The number of ether oxygens (including phenoxy) is 1. The molecule has 3 nitrogen and oxygen atoms in total. The number of carbonyl (C=O) groups is 1. The van der Waals surface area contributed by atoms with E-state index in [0.717, 1.165) is 6.42 Å². The fourth-order valence-corrected chi connectivity index (χ4v) is 1.90. The molecular formula is C14H19Cl2NO2. The highest BCUT2D eigenvalue weighted by Crippen LogP contribution is 2.28. The SMILES string of the molecule is CC(C)CCNC(=O)[C@H](C)Oc1ccc(Cl)cc1Cl. The van der Waals surface area contributed by atoms with Crippen molar-refractivity contribution in [3.63, 3.8) is 0 Å². The highest BCUT2D eigenvalue weighted by atomic mass is 35.5. The van der Waals surface area contributed by atoms with E-state index in [1.54, 1.807) is 25.1 Å². The van der Waals surface area contributed by atoms with Gasteiger partial charge in [-0.15, -0.1) is 0 Å². The average Bonchev–Trinajstić information content (AvgIpc) is 2.32. The second-order valence-electron chi connectivity index (χ2n) is 4.81. The Morgan fingerprint density at radius 1 is 1.32 bits per heavy atom. The van der Waals surface area contributed by atoms with Gasteiger partial charge in [0, 0.05) is 11.6 Å². The molecule has 106 valence electrons. The Balaban J connectivity index is 2.49. The number of benzene rings is 1. The summed E-state index contributed by atoms with van der Waals surface area (Å²) in [5, 5.41) is 3.76. The summed E-state index contributed by atoms with van der Waals surface area (Å²) in [6.07, 6.45) is 0.353. The van der Waals surface area contributed by atoms with Crippen LogP contribution in [0.4, 0.5) is 0 Å². The lowest BCUT2D eigenvalue weighted by molar-refractivity contribution is -0.127. The number of rotatable bonds is 6. The van der Waals surface area contributed by atoms with Crippen LogP contribution in [0.5, 0.6) is 5.75 Å². The largest absolute Gasteiger partial charge is 0.479 e. The smallest absolute Gasteiger partial charge is 0.260 e. The molecule has 1 aromatic carbocycles. The first-order valence-corrected chi connectivity index (χ1v) is 7.05. The van der Waals surface area contributed by atoms with Crippen molar-refractivity contribution in [1.82, 2.24) is 5.32 Å². The van der Waals surface area contributed by atoms with Crippen molar-refractivity contribution in [2.24, 2.45) is 5.92 Å². The molecule has 0 aromatic heterocycles. The third-order valence-corrected chi connectivity index (χ3v) is 3.12. The van der Waals surface area contributed by atoms with E-state index in [2.05, 4.69) is 19.2 Å². The van der Waals surface area contributed by atoms with Gasteiger partial charge in [-0.1, -0.05) is 37.0 Å². The van der Waals surface area contributed by atoms with E-state index in [9.17, 15) is 4.79 Å². The summed E-state index contributed by atoms with van der Waals surface area (Å²) in [4.78, 5) is 11.8. The molecule has 1 N–H and O–H groups in total. The molecule has 1 amide bonds. The van der Waals surface area contributed by atoms with Crippen molar-refractivity contribution in [3.8, 4) is 5.75 Å². The van der Waals surface area contributed by atoms with Gasteiger partial charge in [-0.05, 0) is 37.5 Å². The number of halogens is 2. The second kappa shape index (κ2) is 7.61. The van der Waals surface area contributed by atoms with E-state index in [0.29, 0.717) is 28.3 Å². The molecule has 0 aliphatic carbocycles. The van der Waals surface area contributed by atoms with Crippen molar-refractivity contribution >= 4 is 29.1 Å². The molecule has 19 heavy (non-hydrogen) atoms. The lowest BCUT2D eigenvalue weighted by atomic mass is 10.1. The minimum absolute atomic E-state index is 0.147. The zero-order chi connectivity index (χ0) is 14.4. The summed E-state index contributed by atoms with van der Waals surface area (Å²) < 4.78 is 5.52. The molecule has 1 rings (SSSR count). The van der Waals surface area contributed by atoms with Gasteiger partial charge in [-0.3, -0.25) is 4.79 Å². The first-order chi connectivity index (χ1) is 8.90. The molecule has 0 bridgehead atoms.